The van der Waals surface area contributed by atoms with Crippen LogP contribution in [0.4, 0.5) is 11.5 Å². The topological polar surface area (TPSA) is 103 Å². The maximum absolute atomic E-state index is 10.7. The second kappa shape index (κ2) is 5.98. The van der Waals surface area contributed by atoms with E-state index in [4.69, 9.17) is 10.6 Å². The number of nitrogens with one attached hydrogen (secondary N) is 1. The van der Waals surface area contributed by atoms with Crippen LogP contribution in [0.25, 0.3) is 0 Å². The number of benzene rings is 1. The normalized spacial score (nSPS) is 10.1. The molecule has 7 heteroatoms. The van der Waals surface area contributed by atoms with Crippen LogP contribution in [0.1, 0.15) is 11.3 Å². The number of hydrazine groups is 1. The molecule has 2 aromatic rings. The summed E-state index contributed by atoms with van der Waals surface area (Å²) in [5.41, 5.74) is 3.91. The SMILES string of the molecule is Cc1cc([N+](=O)[O-])ccc1OCc1cccc(NN)n1. The predicted molar refractivity (Wildman–Crippen MR) is 74.2 cm³/mol. The van der Waals surface area contributed by atoms with Crippen molar-refractivity contribution in [3.8, 4) is 5.75 Å². The molecule has 0 spiro atoms. The second-order valence-corrected chi connectivity index (χ2v) is 4.15. The van der Waals surface area contributed by atoms with Crippen LogP contribution in [0.5, 0.6) is 5.75 Å². The van der Waals surface area contributed by atoms with E-state index < -0.39 is 4.92 Å². The Bertz CT molecular complexity index is 631. The molecule has 1 aromatic heterocycles. The number of nitro benzene ring substituents is 1. The van der Waals surface area contributed by atoms with Crippen LogP contribution >= 0.6 is 0 Å². The molecule has 3 N–H and O–H groups in total. The third-order valence-electron chi connectivity index (χ3n) is 2.70. The van der Waals surface area contributed by atoms with Crippen molar-refractivity contribution in [2.24, 2.45) is 5.84 Å². The first-order valence-corrected chi connectivity index (χ1v) is 5.90. The second-order valence-electron chi connectivity index (χ2n) is 4.15. The van der Waals surface area contributed by atoms with Gasteiger partial charge in [0.05, 0.1) is 10.6 Å². The summed E-state index contributed by atoms with van der Waals surface area (Å²) in [6.07, 6.45) is 0. The number of aromatic nitrogens is 1. The smallest absolute Gasteiger partial charge is 0.269 e. The molecule has 0 saturated heterocycles. The van der Waals surface area contributed by atoms with Crippen molar-refractivity contribution in [2.45, 2.75) is 13.5 Å². The third kappa shape index (κ3) is 3.21. The van der Waals surface area contributed by atoms with Gasteiger partial charge in [0.15, 0.2) is 0 Å². The van der Waals surface area contributed by atoms with E-state index >= 15 is 0 Å². The van der Waals surface area contributed by atoms with Crippen molar-refractivity contribution in [3.63, 3.8) is 0 Å². The first-order chi connectivity index (χ1) is 9.60. The van der Waals surface area contributed by atoms with E-state index in [1.54, 1.807) is 19.1 Å². The van der Waals surface area contributed by atoms with Crippen molar-refractivity contribution < 1.29 is 9.66 Å². The number of ether oxygens (including phenoxy) is 1. The van der Waals surface area contributed by atoms with Crippen LogP contribution in [0.3, 0.4) is 0 Å². The Morgan fingerprint density at radius 2 is 2.20 bits per heavy atom. The number of nitrogen functional groups attached to an aromatic ring is 1. The number of aryl methyl sites for hydroxylation is 1. The number of rotatable bonds is 5. The Morgan fingerprint density at radius 3 is 2.85 bits per heavy atom. The van der Waals surface area contributed by atoms with E-state index in [1.165, 1.54) is 12.1 Å². The molecule has 0 radical (unpaired) electrons. The van der Waals surface area contributed by atoms with Crippen LogP contribution < -0.4 is 16.0 Å². The van der Waals surface area contributed by atoms with Gasteiger partial charge in [-0.25, -0.2) is 10.8 Å². The van der Waals surface area contributed by atoms with Gasteiger partial charge in [-0.1, -0.05) is 6.07 Å². The minimum atomic E-state index is -0.436. The van der Waals surface area contributed by atoms with Gasteiger partial charge in [0.1, 0.15) is 18.2 Å². The molecular formula is C13H14N4O3. The molecule has 0 aliphatic carbocycles. The molecule has 0 fully saturated rings. The maximum atomic E-state index is 10.7. The quantitative estimate of drug-likeness (QED) is 0.492. The lowest BCUT2D eigenvalue weighted by Crippen LogP contribution is -2.10. The molecule has 2 rings (SSSR count). The van der Waals surface area contributed by atoms with Gasteiger partial charge >= 0.3 is 0 Å². The Labute approximate surface area is 115 Å². The Morgan fingerprint density at radius 1 is 1.40 bits per heavy atom. The fraction of sp³-hybridized carbons (Fsp3) is 0.154. The number of hydrogen-bond acceptors (Lipinski definition) is 6. The summed E-state index contributed by atoms with van der Waals surface area (Å²) < 4.78 is 5.60. The van der Waals surface area contributed by atoms with Gasteiger partial charge in [-0.2, -0.15) is 0 Å². The van der Waals surface area contributed by atoms with E-state index in [0.29, 0.717) is 22.8 Å². The average Bonchev–Trinajstić information content (AvgIpc) is 2.46. The van der Waals surface area contributed by atoms with Gasteiger partial charge in [-0.15, -0.1) is 0 Å². The number of hydrogen-bond donors (Lipinski definition) is 2. The molecule has 0 aliphatic heterocycles. The van der Waals surface area contributed by atoms with E-state index in [2.05, 4.69) is 10.4 Å². The van der Waals surface area contributed by atoms with Crippen LogP contribution in [0, 0.1) is 17.0 Å². The lowest BCUT2D eigenvalue weighted by Gasteiger charge is -2.09. The van der Waals surface area contributed by atoms with Crippen molar-refractivity contribution in [1.82, 2.24) is 4.98 Å². The molecular weight excluding hydrogens is 260 g/mol. The van der Waals surface area contributed by atoms with Crippen molar-refractivity contribution >= 4 is 11.5 Å². The summed E-state index contributed by atoms with van der Waals surface area (Å²) in [7, 11) is 0. The van der Waals surface area contributed by atoms with Crippen molar-refractivity contribution in [2.75, 3.05) is 5.43 Å². The number of nitro groups is 1. The van der Waals surface area contributed by atoms with Gasteiger partial charge in [0.25, 0.3) is 5.69 Å². The Balaban J connectivity index is 2.08. The maximum Gasteiger partial charge on any atom is 0.269 e. The number of nitrogens with zero attached hydrogens (tertiary/aromatic N) is 2. The minimum Gasteiger partial charge on any atom is -0.487 e. The Hall–Kier alpha value is -2.67. The van der Waals surface area contributed by atoms with E-state index in [1.807, 2.05) is 12.1 Å². The van der Waals surface area contributed by atoms with Crippen molar-refractivity contribution in [3.05, 3.63) is 57.8 Å². The fourth-order valence-corrected chi connectivity index (χ4v) is 1.70. The molecule has 104 valence electrons. The van der Waals surface area contributed by atoms with Crippen LogP contribution in [0.2, 0.25) is 0 Å². The zero-order valence-electron chi connectivity index (χ0n) is 10.9. The predicted octanol–water partition coefficient (Wildman–Crippen LogP) is 2.16. The molecule has 0 bridgehead atoms. The molecule has 7 nitrogen and oxygen atoms in total. The largest absolute Gasteiger partial charge is 0.487 e. The lowest BCUT2D eigenvalue weighted by molar-refractivity contribution is -0.384. The third-order valence-corrected chi connectivity index (χ3v) is 2.70. The Kier molecular flexibility index (Phi) is 4.11. The zero-order valence-corrected chi connectivity index (χ0v) is 10.9. The fourth-order valence-electron chi connectivity index (χ4n) is 1.70. The highest BCUT2D eigenvalue weighted by Crippen LogP contribution is 2.23. The minimum absolute atomic E-state index is 0.0438. The van der Waals surface area contributed by atoms with Gasteiger partial charge in [-0.05, 0) is 30.7 Å². The van der Waals surface area contributed by atoms with Crippen LogP contribution in [-0.4, -0.2) is 9.91 Å². The van der Waals surface area contributed by atoms with Crippen LogP contribution in [0.15, 0.2) is 36.4 Å². The van der Waals surface area contributed by atoms with Crippen molar-refractivity contribution in [1.29, 1.82) is 0 Å². The standard InChI is InChI=1S/C13H14N4O3/c1-9-7-11(17(18)19)5-6-12(9)20-8-10-3-2-4-13(15-10)16-14/h2-7H,8,14H2,1H3,(H,15,16). The molecule has 1 aromatic carbocycles. The average molecular weight is 274 g/mol. The monoisotopic (exact) mass is 274 g/mol. The summed E-state index contributed by atoms with van der Waals surface area (Å²) in [4.78, 5) is 14.4. The molecule has 1 heterocycles. The summed E-state index contributed by atoms with van der Waals surface area (Å²) in [6.45, 7) is 2.02. The van der Waals surface area contributed by atoms with Gasteiger partial charge < -0.3 is 10.2 Å². The molecule has 0 unspecified atom stereocenters. The first-order valence-electron chi connectivity index (χ1n) is 5.90. The summed E-state index contributed by atoms with van der Waals surface area (Å²) in [6, 6.07) is 9.82. The lowest BCUT2D eigenvalue weighted by atomic mass is 10.2. The summed E-state index contributed by atoms with van der Waals surface area (Å²) in [5, 5.41) is 10.7. The number of non-ortho nitro benzene ring substituents is 1. The first kappa shape index (κ1) is 13.8. The highest BCUT2D eigenvalue weighted by atomic mass is 16.6. The van der Waals surface area contributed by atoms with Crippen LogP contribution in [-0.2, 0) is 6.61 Å². The molecule has 0 saturated carbocycles. The zero-order chi connectivity index (χ0) is 14.5. The van der Waals surface area contributed by atoms with Gasteiger partial charge in [0.2, 0.25) is 0 Å². The number of anilines is 1. The molecule has 0 atom stereocenters. The molecule has 0 aliphatic rings. The number of pyridine rings is 1. The number of nitrogens with two attached hydrogens (primary N) is 1. The molecule has 20 heavy (non-hydrogen) atoms. The van der Waals surface area contributed by atoms with E-state index in [9.17, 15) is 10.1 Å². The summed E-state index contributed by atoms with van der Waals surface area (Å²) in [5.74, 6) is 6.41. The van der Waals surface area contributed by atoms with E-state index in [-0.39, 0.29) is 12.3 Å². The highest BCUT2D eigenvalue weighted by Gasteiger charge is 2.09. The summed E-state index contributed by atoms with van der Waals surface area (Å²) >= 11 is 0. The van der Waals surface area contributed by atoms with Gasteiger partial charge in [-0.3, -0.25) is 10.1 Å². The van der Waals surface area contributed by atoms with E-state index in [0.717, 1.165) is 0 Å². The van der Waals surface area contributed by atoms with Gasteiger partial charge in [0, 0.05) is 12.1 Å². The highest BCUT2D eigenvalue weighted by molar-refractivity contribution is 5.43. The molecule has 0 amide bonds.